The molecule has 106 valence electrons. The normalized spacial score (nSPS) is 13.2. The Labute approximate surface area is 117 Å². The fourth-order valence-corrected chi connectivity index (χ4v) is 1.84. The van der Waals surface area contributed by atoms with Crippen LogP contribution in [0.15, 0.2) is 12.1 Å². The molecule has 0 radical (unpaired) electrons. The summed E-state index contributed by atoms with van der Waals surface area (Å²) in [5.74, 6) is -0.806. The van der Waals surface area contributed by atoms with E-state index in [9.17, 15) is 18.0 Å². The van der Waals surface area contributed by atoms with Crippen LogP contribution in [-0.2, 0) is 22.1 Å². The maximum atomic E-state index is 12.8. The highest BCUT2D eigenvalue weighted by atomic mass is 35.5. The second kappa shape index (κ2) is 5.98. The number of carbonyl (C=O) groups is 1. The first kappa shape index (κ1) is 16.1. The highest BCUT2D eigenvalue weighted by molar-refractivity contribution is 6.42. The molecule has 0 aromatic heterocycles. The molecule has 8 heteroatoms. The molecule has 0 heterocycles. The molecule has 0 spiro atoms. The maximum absolute atomic E-state index is 12.8. The molecule has 1 aromatic rings. The summed E-state index contributed by atoms with van der Waals surface area (Å²) in [6.07, 6.45) is -4.96. The predicted octanol–water partition coefficient (Wildman–Crippen LogP) is 3.06. The molecule has 0 amide bonds. The van der Waals surface area contributed by atoms with Gasteiger partial charge in [0.2, 0.25) is 0 Å². The lowest BCUT2D eigenvalue weighted by molar-refractivity contribution is -0.143. The number of methoxy groups -OCH3 is 1. The molecule has 0 saturated carbocycles. The summed E-state index contributed by atoms with van der Waals surface area (Å²) in [5, 5.41) is -0.258. The molecular formula is C11H10Cl2F3NO2. The van der Waals surface area contributed by atoms with Crippen molar-refractivity contribution in [2.75, 3.05) is 7.11 Å². The lowest BCUT2D eigenvalue weighted by Crippen LogP contribution is -2.34. The largest absolute Gasteiger partial charge is 0.468 e. The Morgan fingerprint density at radius 1 is 1.37 bits per heavy atom. The number of benzene rings is 1. The van der Waals surface area contributed by atoms with Crippen LogP contribution in [0.4, 0.5) is 13.2 Å². The van der Waals surface area contributed by atoms with Crippen molar-refractivity contribution >= 4 is 29.2 Å². The number of esters is 1. The zero-order valence-corrected chi connectivity index (χ0v) is 11.2. The van der Waals surface area contributed by atoms with Crippen molar-refractivity contribution in [3.8, 4) is 0 Å². The van der Waals surface area contributed by atoms with Crippen molar-refractivity contribution in [2.45, 2.75) is 18.6 Å². The van der Waals surface area contributed by atoms with Crippen LogP contribution in [0.5, 0.6) is 0 Å². The third-order valence-corrected chi connectivity index (χ3v) is 3.12. The molecule has 19 heavy (non-hydrogen) atoms. The minimum Gasteiger partial charge on any atom is -0.468 e. The number of hydrogen-bond acceptors (Lipinski definition) is 3. The van der Waals surface area contributed by atoms with E-state index in [1.807, 2.05) is 0 Å². The SMILES string of the molecule is COC(=O)C(N)Cc1cc(Cl)c(Cl)cc1C(F)(F)F. The van der Waals surface area contributed by atoms with Gasteiger partial charge in [0.25, 0.3) is 0 Å². The minimum atomic E-state index is -4.61. The van der Waals surface area contributed by atoms with Gasteiger partial charge < -0.3 is 10.5 Å². The fourth-order valence-electron chi connectivity index (χ4n) is 1.49. The van der Waals surface area contributed by atoms with Crippen LogP contribution in [-0.4, -0.2) is 19.1 Å². The van der Waals surface area contributed by atoms with Gasteiger partial charge >= 0.3 is 12.1 Å². The Morgan fingerprint density at radius 2 is 1.89 bits per heavy atom. The van der Waals surface area contributed by atoms with Gasteiger partial charge in [-0.3, -0.25) is 4.79 Å². The van der Waals surface area contributed by atoms with Crippen molar-refractivity contribution in [3.63, 3.8) is 0 Å². The van der Waals surface area contributed by atoms with Crippen LogP contribution in [0.1, 0.15) is 11.1 Å². The Balaban J connectivity index is 3.19. The van der Waals surface area contributed by atoms with Crippen LogP contribution in [0.25, 0.3) is 0 Å². The average molecular weight is 316 g/mol. The number of halogens is 5. The minimum absolute atomic E-state index is 0.0401. The Hall–Kier alpha value is -0.980. The van der Waals surface area contributed by atoms with E-state index in [1.165, 1.54) is 0 Å². The number of hydrogen-bond donors (Lipinski definition) is 1. The van der Waals surface area contributed by atoms with Crippen molar-refractivity contribution in [3.05, 3.63) is 33.3 Å². The van der Waals surface area contributed by atoms with E-state index in [4.69, 9.17) is 28.9 Å². The van der Waals surface area contributed by atoms with Crippen LogP contribution in [0.2, 0.25) is 10.0 Å². The summed E-state index contributed by atoms with van der Waals surface area (Å²) in [6, 6.07) is 0.557. The molecule has 0 aliphatic carbocycles. The van der Waals surface area contributed by atoms with Gasteiger partial charge in [0.05, 0.1) is 22.7 Å². The molecular weight excluding hydrogens is 306 g/mol. The van der Waals surface area contributed by atoms with Gasteiger partial charge in [0.1, 0.15) is 6.04 Å². The quantitative estimate of drug-likeness (QED) is 0.872. The van der Waals surface area contributed by atoms with E-state index in [2.05, 4.69) is 4.74 Å². The molecule has 0 bridgehead atoms. The predicted molar refractivity (Wildman–Crippen MR) is 65.2 cm³/mol. The summed E-state index contributed by atoms with van der Waals surface area (Å²) in [7, 11) is 1.10. The summed E-state index contributed by atoms with van der Waals surface area (Å²) in [5.41, 5.74) is 4.26. The number of ether oxygens (including phenoxy) is 1. The van der Waals surface area contributed by atoms with E-state index in [-0.39, 0.29) is 22.0 Å². The standard InChI is InChI=1S/C11H10Cl2F3NO2/c1-19-10(18)9(17)3-5-2-7(12)8(13)4-6(5)11(14,15)16/h2,4,9H,3,17H2,1H3. The molecule has 1 unspecified atom stereocenters. The molecule has 3 nitrogen and oxygen atoms in total. The number of rotatable bonds is 3. The Bertz CT molecular complexity index is 492. The third-order valence-electron chi connectivity index (χ3n) is 2.40. The van der Waals surface area contributed by atoms with Crippen molar-refractivity contribution in [1.82, 2.24) is 0 Å². The van der Waals surface area contributed by atoms with E-state index in [0.29, 0.717) is 6.07 Å². The summed E-state index contributed by atoms with van der Waals surface area (Å²) < 4.78 is 42.9. The highest BCUT2D eigenvalue weighted by Crippen LogP contribution is 2.37. The Morgan fingerprint density at radius 3 is 2.37 bits per heavy atom. The van der Waals surface area contributed by atoms with Crippen LogP contribution in [0.3, 0.4) is 0 Å². The lowest BCUT2D eigenvalue weighted by atomic mass is 10.00. The summed E-state index contributed by atoms with van der Waals surface area (Å²) in [4.78, 5) is 11.1. The fraction of sp³-hybridized carbons (Fsp3) is 0.364. The topological polar surface area (TPSA) is 52.3 Å². The highest BCUT2D eigenvalue weighted by Gasteiger charge is 2.35. The van der Waals surface area contributed by atoms with Crippen molar-refractivity contribution in [1.29, 1.82) is 0 Å². The second-order valence-electron chi connectivity index (χ2n) is 3.75. The van der Waals surface area contributed by atoms with E-state index in [0.717, 1.165) is 13.2 Å². The number of nitrogens with two attached hydrogens (primary N) is 1. The van der Waals surface area contributed by atoms with Gasteiger partial charge in [-0.15, -0.1) is 0 Å². The third kappa shape index (κ3) is 3.99. The first-order valence-electron chi connectivity index (χ1n) is 5.05. The smallest absolute Gasteiger partial charge is 0.416 e. The summed E-state index contributed by atoms with van der Waals surface area (Å²) in [6.45, 7) is 0. The van der Waals surface area contributed by atoms with Crippen molar-refractivity contribution in [2.24, 2.45) is 5.73 Å². The zero-order valence-electron chi connectivity index (χ0n) is 9.72. The molecule has 0 fully saturated rings. The number of carbonyl (C=O) groups excluding carboxylic acids is 1. The molecule has 1 aromatic carbocycles. The van der Waals surface area contributed by atoms with E-state index >= 15 is 0 Å². The Kier molecular flexibility index (Phi) is 5.06. The lowest BCUT2D eigenvalue weighted by Gasteiger charge is -2.16. The average Bonchev–Trinajstić information content (AvgIpc) is 2.30. The number of alkyl halides is 3. The van der Waals surface area contributed by atoms with Crippen LogP contribution < -0.4 is 5.73 Å². The maximum Gasteiger partial charge on any atom is 0.416 e. The van der Waals surface area contributed by atoms with Gasteiger partial charge in [0, 0.05) is 0 Å². The molecule has 0 aliphatic heterocycles. The molecule has 0 aliphatic rings. The van der Waals surface area contributed by atoms with Crippen molar-refractivity contribution < 1.29 is 22.7 Å². The van der Waals surface area contributed by atoms with Crippen LogP contribution in [0, 0.1) is 0 Å². The van der Waals surface area contributed by atoms with E-state index < -0.39 is 23.8 Å². The molecule has 0 saturated heterocycles. The van der Waals surface area contributed by atoms with Gasteiger partial charge in [0.15, 0.2) is 0 Å². The molecule has 1 rings (SSSR count). The second-order valence-corrected chi connectivity index (χ2v) is 4.57. The van der Waals surface area contributed by atoms with Gasteiger partial charge in [-0.2, -0.15) is 13.2 Å². The zero-order chi connectivity index (χ0) is 14.8. The van der Waals surface area contributed by atoms with Gasteiger partial charge in [-0.05, 0) is 24.1 Å². The van der Waals surface area contributed by atoms with Gasteiger partial charge in [-0.1, -0.05) is 23.2 Å². The first-order valence-corrected chi connectivity index (χ1v) is 5.81. The van der Waals surface area contributed by atoms with E-state index in [1.54, 1.807) is 0 Å². The van der Waals surface area contributed by atoms with Gasteiger partial charge in [-0.25, -0.2) is 0 Å². The summed E-state index contributed by atoms with van der Waals surface area (Å²) >= 11 is 11.2. The monoisotopic (exact) mass is 315 g/mol. The van der Waals surface area contributed by atoms with Crippen LogP contribution >= 0.6 is 23.2 Å². The first-order chi connectivity index (χ1) is 8.66. The molecule has 1 atom stereocenters. The molecule has 2 N–H and O–H groups in total.